The summed E-state index contributed by atoms with van der Waals surface area (Å²) < 4.78 is 0. The Kier molecular flexibility index (Phi) is 1.97. The Labute approximate surface area is 81.7 Å². The van der Waals surface area contributed by atoms with E-state index in [4.69, 9.17) is 0 Å². The number of hydrogen-bond acceptors (Lipinski definition) is 2. The van der Waals surface area contributed by atoms with Gasteiger partial charge in [-0.15, -0.1) is 0 Å². The fourth-order valence-electron chi connectivity index (χ4n) is 3.00. The van der Waals surface area contributed by atoms with Gasteiger partial charge in [0.25, 0.3) is 0 Å². The Balaban J connectivity index is 2.12. The summed E-state index contributed by atoms with van der Waals surface area (Å²) in [6.45, 7) is 9.66. The largest absolute Gasteiger partial charge is 0.258 e. The lowest BCUT2D eigenvalue weighted by molar-refractivity contribution is 0.178. The predicted molar refractivity (Wildman–Crippen MR) is 55.2 cm³/mol. The van der Waals surface area contributed by atoms with E-state index in [2.05, 4.69) is 31.2 Å². The van der Waals surface area contributed by atoms with Gasteiger partial charge in [-0.25, -0.2) is 5.01 Å². The standard InChI is InChI=1S/C11H22N2/c1-10(2,3)9-7-13(12-4)8-11(9)5-6-11/h9,12H,5-8H2,1-4H3. The third-order valence-corrected chi connectivity index (χ3v) is 3.90. The van der Waals surface area contributed by atoms with Crippen LogP contribution >= 0.6 is 0 Å². The van der Waals surface area contributed by atoms with Crippen LogP contribution in [0.15, 0.2) is 0 Å². The van der Waals surface area contributed by atoms with Gasteiger partial charge >= 0.3 is 0 Å². The molecule has 0 bridgehead atoms. The number of hydrazine groups is 1. The van der Waals surface area contributed by atoms with E-state index in [1.165, 1.54) is 25.9 Å². The second-order valence-electron chi connectivity index (χ2n) is 5.89. The zero-order chi connectivity index (χ0) is 9.69. The van der Waals surface area contributed by atoms with Crippen molar-refractivity contribution < 1.29 is 0 Å². The summed E-state index contributed by atoms with van der Waals surface area (Å²) in [5.41, 5.74) is 4.45. The fraction of sp³-hybridized carbons (Fsp3) is 1.00. The second kappa shape index (κ2) is 2.71. The topological polar surface area (TPSA) is 15.3 Å². The van der Waals surface area contributed by atoms with Crippen molar-refractivity contribution in [3.05, 3.63) is 0 Å². The molecule has 2 aliphatic rings. The lowest BCUT2D eigenvalue weighted by atomic mass is 9.73. The zero-order valence-electron chi connectivity index (χ0n) is 9.35. The molecule has 1 heterocycles. The molecule has 2 fully saturated rings. The normalized spacial score (nSPS) is 32.8. The van der Waals surface area contributed by atoms with Crippen LogP contribution in [0.2, 0.25) is 0 Å². The van der Waals surface area contributed by atoms with Crippen molar-refractivity contribution in [2.24, 2.45) is 16.7 Å². The van der Waals surface area contributed by atoms with Crippen molar-refractivity contribution in [3.8, 4) is 0 Å². The first-order chi connectivity index (χ1) is 5.98. The van der Waals surface area contributed by atoms with Crippen LogP contribution < -0.4 is 5.43 Å². The van der Waals surface area contributed by atoms with E-state index in [0.29, 0.717) is 10.8 Å². The van der Waals surface area contributed by atoms with Crippen LogP contribution in [-0.4, -0.2) is 25.1 Å². The molecule has 0 radical (unpaired) electrons. The molecule has 1 N–H and O–H groups in total. The summed E-state index contributed by atoms with van der Waals surface area (Å²) in [4.78, 5) is 0. The second-order valence-corrected chi connectivity index (χ2v) is 5.89. The maximum absolute atomic E-state index is 3.29. The molecule has 1 saturated heterocycles. The van der Waals surface area contributed by atoms with Gasteiger partial charge in [-0.3, -0.25) is 5.43 Å². The third kappa shape index (κ3) is 1.50. The SMILES string of the molecule is CNN1CC(C(C)(C)C)C2(CC2)C1. The number of nitrogens with zero attached hydrogens (tertiary/aromatic N) is 1. The summed E-state index contributed by atoms with van der Waals surface area (Å²) in [5, 5.41) is 2.39. The molecule has 13 heavy (non-hydrogen) atoms. The highest BCUT2D eigenvalue weighted by molar-refractivity contribution is 5.08. The Bertz CT molecular complexity index is 201. The number of hydrogen-bond donors (Lipinski definition) is 1. The molecule has 1 atom stereocenters. The molecule has 2 heteroatoms. The molecular weight excluding hydrogens is 160 g/mol. The zero-order valence-corrected chi connectivity index (χ0v) is 9.35. The van der Waals surface area contributed by atoms with Gasteiger partial charge in [0, 0.05) is 13.1 Å². The molecule has 1 saturated carbocycles. The van der Waals surface area contributed by atoms with Gasteiger partial charge in [0.05, 0.1) is 0 Å². The van der Waals surface area contributed by atoms with Crippen molar-refractivity contribution in [1.82, 2.24) is 10.4 Å². The molecule has 1 aliphatic heterocycles. The molecule has 1 spiro atoms. The highest BCUT2D eigenvalue weighted by Crippen LogP contribution is 2.60. The highest BCUT2D eigenvalue weighted by atomic mass is 15.5. The summed E-state index contributed by atoms with van der Waals surface area (Å²) >= 11 is 0. The first kappa shape index (κ1) is 9.47. The van der Waals surface area contributed by atoms with Crippen LogP contribution in [0.4, 0.5) is 0 Å². The van der Waals surface area contributed by atoms with E-state index in [-0.39, 0.29) is 0 Å². The minimum absolute atomic E-state index is 0.474. The van der Waals surface area contributed by atoms with Gasteiger partial charge in [0.1, 0.15) is 0 Å². The maximum atomic E-state index is 3.29. The van der Waals surface area contributed by atoms with E-state index in [9.17, 15) is 0 Å². The average Bonchev–Trinajstić information content (AvgIpc) is 2.61. The van der Waals surface area contributed by atoms with Crippen LogP contribution in [-0.2, 0) is 0 Å². The Hall–Kier alpha value is -0.0800. The lowest BCUT2D eigenvalue weighted by Crippen LogP contribution is -2.34. The molecule has 1 aliphatic carbocycles. The molecule has 0 aromatic carbocycles. The highest BCUT2D eigenvalue weighted by Gasteiger charge is 2.57. The fourth-order valence-corrected chi connectivity index (χ4v) is 3.00. The first-order valence-corrected chi connectivity index (χ1v) is 5.40. The lowest BCUT2D eigenvalue weighted by Gasteiger charge is -2.31. The van der Waals surface area contributed by atoms with E-state index in [1.54, 1.807) is 0 Å². The van der Waals surface area contributed by atoms with Gasteiger partial charge in [-0.05, 0) is 36.6 Å². The van der Waals surface area contributed by atoms with Gasteiger partial charge in [0.15, 0.2) is 0 Å². The maximum Gasteiger partial charge on any atom is 0.0190 e. The van der Waals surface area contributed by atoms with Crippen LogP contribution in [0, 0.1) is 16.7 Å². The summed E-state index contributed by atoms with van der Waals surface area (Å²) in [7, 11) is 2.04. The molecule has 76 valence electrons. The Morgan fingerprint density at radius 1 is 1.31 bits per heavy atom. The van der Waals surface area contributed by atoms with Crippen LogP contribution in [0.3, 0.4) is 0 Å². The minimum atomic E-state index is 0.474. The molecule has 0 aromatic heterocycles. The third-order valence-electron chi connectivity index (χ3n) is 3.90. The smallest absolute Gasteiger partial charge is 0.0190 e. The molecule has 0 aromatic rings. The Morgan fingerprint density at radius 2 is 1.92 bits per heavy atom. The monoisotopic (exact) mass is 182 g/mol. The van der Waals surface area contributed by atoms with Crippen molar-refractivity contribution >= 4 is 0 Å². The van der Waals surface area contributed by atoms with Crippen LogP contribution in [0.25, 0.3) is 0 Å². The molecule has 1 unspecified atom stereocenters. The van der Waals surface area contributed by atoms with Crippen LogP contribution in [0.5, 0.6) is 0 Å². The van der Waals surface area contributed by atoms with Crippen molar-refractivity contribution in [2.75, 3.05) is 20.1 Å². The van der Waals surface area contributed by atoms with E-state index >= 15 is 0 Å². The minimum Gasteiger partial charge on any atom is -0.258 e. The summed E-state index contributed by atoms with van der Waals surface area (Å²) in [5.74, 6) is 0.882. The van der Waals surface area contributed by atoms with Crippen molar-refractivity contribution in [3.63, 3.8) is 0 Å². The molecule has 2 rings (SSSR count). The summed E-state index contributed by atoms with van der Waals surface area (Å²) in [6, 6.07) is 0. The van der Waals surface area contributed by atoms with Crippen molar-refractivity contribution in [2.45, 2.75) is 33.6 Å². The van der Waals surface area contributed by atoms with E-state index in [0.717, 1.165) is 5.92 Å². The first-order valence-electron chi connectivity index (χ1n) is 5.40. The summed E-state index contributed by atoms with van der Waals surface area (Å²) in [6.07, 6.45) is 2.90. The van der Waals surface area contributed by atoms with Gasteiger partial charge < -0.3 is 0 Å². The molecule has 2 nitrogen and oxygen atoms in total. The Morgan fingerprint density at radius 3 is 2.23 bits per heavy atom. The van der Waals surface area contributed by atoms with Crippen molar-refractivity contribution in [1.29, 1.82) is 0 Å². The predicted octanol–water partition coefficient (Wildman–Crippen LogP) is 1.88. The number of rotatable bonds is 1. The number of nitrogens with one attached hydrogen (secondary N) is 1. The van der Waals surface area contributed by atoms with Crippen LogP contribution in [0.1, 0.15) is 33.6 Å². The van der Waals surface area contributed by atoms with Gasteiger partial charge in [0.2, 0.25) is 0 Å². The molecular formula is C11H22N2. The van der Waals surface area contributed by atoms with Gasteiger partial charge in [-0.1, -0.05) is 20.8 Å². The van der Waals surface area contributed by atoms with E-state index < -0.39 is 0 Å². The molecule has 0 amide bonds. The van der Waals surface area contributed by atoms with Gasteiger partial charge in [-0.2, -0.15) is 0 Å². The van der Waals surface area contributed by atoms with E-state index in [1.807, 2.05) is 7.05 Å². The average molecular weight is 182 g/mol. The quantitative estimate of drug-likeness (QED) is 0.666.